The molecule has 0 heterocycles. The molecule has 116 valence electrons. The maximum Gasteiger partial charge on any atom is 0.326 e. The number of carboxylic acid groups (broad SMARTS) is 1. The van der Waals surface area contributed by atoms with Crippen LogP contribution in [0.4, 0.5) is 0 Å². The van der Waals surface area contributed by atoms with Crippen molar-refractivity contribution < 1.29 is 14.7 Å². The number of carbonyl (C=O) groups is 2. The highest BCUT2D eigenvalue weighted by molar-refractivity contribution is 5.98. The van der Waals surface area contributed by atoms with Crippen LogP contribution in [-0.4, -0.2) is 36.6 Å². The second-order valence-electron chi connectivity index (χ2n) is 6.12. The molecule has 0 saturated heterocycles. The van der Waals surface area contributed by atoms with Crippen LogP contribution in [0.25, 0.3) is 0 Å². The van der Waals surface area contributed by atoms with Crippen molar-refractivity contribution in [2.75, 3.05) is 13.6 Å². The summed E-state index contributed by atoms with van der Waals surface area (Å²) in [6.45, 7) is 6.13. The summed E-state index contributed by atoms with van der Waals surface area (Å²) in [6, 6.07) is 6.34. The highest BCUT2D eigenvalue weighted by Crippen LogP contribution is 2.20. The molecule has 0 aliphatic rings. The normalized spacial score (nSPS) is 12.8. The molecule has 0 fully saturated rings. The minimum Gasteiger partial charge on any atom is -0.480 e. The van der Waals surface area contributed by atoms with Gasteiger partial charge < -0.3 is 15.7 Å². The lowest BCUT2D eigenvalue weighted by molar-refractivity contribution is -0.142. The Morgan fingerprint density at radius 1 is 1.24 bits per heavy atom. The van der Waals surface area contributed by atoms with E-state index in [0.29, 0.717) is 12.0 Å². The number of nitrogens with one attached hydrogen (secondary N) is 2. The Labute approximate surface area is 125 Å². The average Bonchev–Trinajstić information content (AvgIpc) is 2.40. The summed E-state index contributed by atoms with van der Waals surface area (Å²) in [5.41, 5.74) is 0.882. The molecular weight excluding hydrogens is 268 g/mol. The lowest BCUT2D eigenvalue weighted by atomic mass is 9.86. The minimum absolute atomic E-state index is 0.343. The Morgan fingerprint density at radius 3 is 2.38 bits per heavy atom. The van der Waals surface area contributed by atoms with E-state index in [1.807, 2.05) is 19.2 Å². The van der Waals surface area contributed by atoms with Gasteiger partial charge in [0, 0.05) is 5.56 Å². The number of carbonyl (C=O) groups excluding carboxylic acids is 1. The molecule has 0 saturated carbocycles. The molecule has 1 atom stereocenters. The fraction of sp³-hybridized carbons (Fsp3) is 0.500. The molecular formula is C16H24N2O3. The second kappa shape index (κ2) is 7.22. The number of amides is 1. The first-order valence-electron chi connectivity index (χ1n) is 7.03. The van der Waals surface area contributed by atoms with Gasteiger partial charge in [0.25, 0.3) is 5.91 Å². The first-order chi connectivity index (χ1) is 9.77. The first kappa shape index (κ1) is 17.2. The Morgan fingerprint density at radius 2 is 1.86 bits per heavy atom. The van der Waals surface area contributed by atoms with Crippen LogP contribution in [0.2, 0.25) is 0 Å². The summed E-state index contributed by atoms with van der Waals surface area (Å²) < 4.78 is 0. The van der Waals surface area contributed by atoms with Crippen LogP contribution < -0.4 is 10.6 Å². The van der Waals surface area contributed by atoms with E-state index in [0.717, 1.165) is 12.1 Å². The molecule has 1 aromatic carbocycles. The molecule has 0 spiro atoms. The third kappa shape index (κ3) is 4.86. The Hall–Kier alpha value is -1.88. The van der Waals surface area contributed by atoms with E-state index >= 15 is 0 Å². The van der Waals surface area contributed by atoms with Crippen molar-refractivity contribution in [3.63, 3.8) is 0 Å². The van der Waals surface area contributed by atoms with E-state index < -0.39 is 17.4 Å². The van der Waals surface area contributed by atoms with Crippen molar-refractivity contribution in [2.45, 2.75) is 33.2 Å². The molecule has 0 aromatic heterocycles. The van der Waals surface area contributed by atoms with Gasteiger partial charge in [-0.25, -0.2) is 4.79 Å². The predicted molar refractivity (Wildman–Crippen MR) is 82.4 cm³/mol. The monoisotopic (exact) mass is 292 g/mol. The zero-order valence-electron chi connectivity index (χ0n) is 13.1. The lowest BCUT2D eigenvalue weighted by Crippen LogP contribution is -2.49. The van der Waals surface area contributed by atoms with Gasteiger partial charge in [0.15, 0.2) is 0 Å². The predicted octanol–water partition coefficient (Wildman–Crippen LogP) is 1.68. The van der Waals surface area contributed by atoms with E-state index in [9.17, 15) is 14.7 Å². The number of hydrogen-bond acceptors (Lipinski definition) is 3. The smallest absolute Gasteiger partial charge is 0.326 e. The third-order valence-corrected chi connectivity index (χ3v) is 3.29. The summed E-state index contributed by atoms with van der Waals surface area (Å²) in [6.07, 6.45) is 0.716. The van der Waals surface area contributed by atoms with Gasteiger partial charge in [0.2, 0.25) is 0 Å². The second-order valence-corrected chi connectivity index (χ2v) is 6.12. The van der Waals surface area contributed by atoms with Gasteiger partial charge in [0.1, 0.15) is 6.04 Å². The molecule has 5 nitrogen and oxygen atoms in total. The molecule has 5 heteroatoms. The molecule has 1 unspecified atom stereocenters. The Bertz CT molecular complexity index is 506. The molecule has 0 bridgehead atoms. The molecule has 1 aromatic rings. The molecule has 0 aliphatic heterocycles. The zero-order chi connectivity index (χ0) is 16.0. The zero-order valence-corrected chi connectivity index (χ0v) is 13.1. The molecule has 0 aliphatic carbocycles. The lowest BCUT2D eigenvalue weighted by Gasteiger charge is -2.28. The number of carboxylic acids is 1. The van der Waals surface area contributed by atoms with Gasteiger partial charge in [0.05, 0.1) is 0 Å². The molecule has 1 amide bonds. The van der Waals surface area contributed by atoms with Crippen molar-refractivity contribution in [1.29, 1.82) is 0 Å². The van der Waals surface area contributed by atoms with Crippen LogP contribution in [0.1, 0.15) is 36.7 Å². The minimum atomic E-state index is -1.02. The molecule has 1 rings (SSSR count). The van der Waals surface area contributed by atoms with Crippen molar-refractivity contribution in [3.05, 3.63) is 35.4 Å². The maximum atomic E-state index is 12.4. The highest BCUT2D eigenvalue weighted by Gasteiger charge is 2.33. The first-order valence-corrected chi connectivity index (χ1v) is 7.03. The summed E-state index contributed by atoms with van der Waals surface area (Å²) in [7, 11) is 1.85. The highest BCUT2D eigenvalue weighted by atomic mass is 16.4. The van der Waals surface area contributed by atoms with Crippen LogP contribution in [0, 0.1) is 5.41 Å². The van der Waals surface area contributed by atoms with Crippen molar-refractivity contribution in [3.8, 4) is 0 Å². The summed E-state index contributed by atoms with van der Waals surface area (Å²) in [5.74, 6) is -1.37. The largest absolute Gasteiger partial charge is 0.480 e. The van der Waals surface area contributed by atoms with Gasteiger partial charge in [-0.15, -0.1) is 0 Å². The number of likely N-dealkylation sites (N-methyl/N-ethyl adjacent to an activating group) is 1. The number of aliphatic carboxylic acids is 1. The number of hydrogen-bond donors (Lipinski definition) is 3. The van der Waals surface area contributed by atoms with Crippen molar-refractivity contribution in [2.24, 2.45) is 5.41 Å². The summed E-state index contributed by atoms with van der Waals surface area (Å²) in [5, 5.41) is 15.0. The molecule has 21 heavy (non-hydrogen) atoms. The Balaban J connectivity index is 2.95. The van der Waals surface area contributed by atoms with Gasteiger partial charge >= 0.3 is 5.97 Å². The maximum absolute atomic E-state index is 12.4. The quantitative estimate of drug-likeness (QED) is 0.745. The van der Waals surface area contributed by atoms with Crippen LogP contribution in [0.15, 0.2) is 24.3 Å². The Kier molecular flexibility index (Phi) is 5.90. The van der Waals surface area contributed by atoms with Crippen LogP contribution in [0.3, 0.4) is 0 Å². The van der Waals surface area contributed by atoms with E-state index in [4.69, 9.17) is 0 Å². The fourth-order valence-corrected chi connectivity index (χ4v) is 2.08. The average molecular weight is 292 g/mol. The van der Waals surface area contributed by atoms with Gasteiger partial charge in [-0.1, -0.05) is 39.0 Å². The SMILES string of the molecule is CNCCc1ccccc1C(=O)NC(C(=O)O)C(C)(C)C. The van der Waals surface area contributed by atoms with Crippen LogP contribution in [-0.2, 0) is 11.2 Å². The topological polar surface area (TPSA) is 78.4 Å². The summed E-state index contributed by atoms with van der Waals surface area (Å²) >= 11 is 0. The summed E-state index contributed by atoms with van der Waals surface area (Å²) in [4.78, 5) is 23.7. The van der Waals surface area contributed by atoms with Gasteiger partial charge in [-0.2, -0.15) is 0 Å². The van der Waals surface area contributed by atoms with Crippen molar-refractivity contribution >= 4 is 11.9 Å². The van der Waals surface area contributed by atoms with Gasteiger partial charge in [-0.05, 0) is 37.1 Å². The van der Waals surface area contributed by atoms with Crippen LogP contribution in [0.5, 0.6) is 0 Å². The van der Waals surface area contributed by atoms with Crippen molar-refractivity contribution in [1.82, 2.24) is 10.6 Å². The number of rotatable bonds is 6. The van der Waals surface area contributed by atoms with E-state index in [1.165, 1.54) is 0 Å². The molecule has 0 radical (unpaired) electrons. The fourth-order valence-electron chi connectivity index (χ4n) is 2.08. The number of benzene rings is 1. The van der Waals surface area contributed by atoms with Crippen LogP contribution >= 0.6 is 0 Å². The van der Waals surface area contributed by atoms with E-state index in [-0.39, 0.29) is 5.91 Å². The standard InChI is InChI=1S/C16H24N2O3/c1-16(2,3)13(15(20)21)18-14(19)12-8-6-5-7-11(12)9-10-17-4/h5-8,13,17H,9-10H2,1-4H3,(H,18,19)(H,20,21). The third-order valence-electron chi connectivity index (χ3n) is 3.29. The van der Waals surface area contributed by atoms with Gasteiger partial charge in [-0.3, -0.25) is 4.79 Å². The molecule has 3 N–H and O–H groups in total. The van der Waals surface area contributed by atoms with E-state index in [1.54, 1.807) is 32.9 Å². The van der Waals surface area contributed by atoms with E-state index in [2.05, 4.69) is 10.6 Å².